The maximum absolute atomic E-state index is 12.5. The molecule has 2 aromatic carbocycles. The molecule has 3 aromatic rings. The molecule has 1 aromatic heterocycles. The van der Waals surface area contributed by atoms with Gasteiger partial charge in [-0.05, 0) is 78.0 Å². The summed E-state index contributed by atoms with van der Waals surface area (Å²) >= 11 is 9.52. The summed E-state index contributed by atoms with van der Waals surface area (Å²) in [5.41, 5.74) is 2.67. The molecule has 0 saturated heterocycles. The summed E-state index contributed by atoms with van der Waals surface area (Å²) in [5, 5.41) is 8.60. The van der Waals surface area contributed by atoms with Crippen LogP contribution in [0.2, 0.25) is 5.02 Å². The van der Waals surface area contributed by atoms with Gasteiger partial charge in [0.2, 0.25) is 0 Å². The minimum absolute atomic E-state index is 0.0131. The Bertz CT molecular complexity index is 1000. The topological polar surface area (TPSA) is 54.0 Å². The Morgan fingerprint density at radius 1 is 1.04 bits per heavy atom. The first-order chi connectivity index (χ1) is 13.6. The van der Waals surface area contributed by atoms with E-state index in [1.54, 1.807) is 0 Å². The summed E-state index contributed by atoms with van der Waals surface area (Å²) < 4.78 is 0.826. The van der Waals surface area contributed by atoms with E-state index in [1.807, 2.05) is 54.7 Å². The van der Waals surface area contributed by atoms with Crippen molar-refractivity contribution in [2.24, 2.45) is 0 Å². The van der Waals surface area contributed by atoms with E-state index in [0.717, 1.165) is 46.7 Å². The maximum Gasteiger partial charge on any atom is 0.252 e. The Morgan fingerprint density at radius 2 is 1.79 bits per heavy atom. The van der Waals surface area contributed by atoms with E-state index in [1.165, 1.54) is 0 Å². The SMILES string of the molecule is O=C(NC1CCC(Nc2ccnc3cc(Cl)ccc23)CC1)c1ccccc1Br. The van der Waals surface area contributed by atoms with E-state index in [-0.39, 0.29) is 11.9 Å². The van der Waals surface area contributed by atoms with Crippen molar-refractivity contribution in [3.63, 3.8) is 0 Å². The Kier molecular flexibility index (Phi) is 5.83. The molecule has 1 aliphatic carbocycles. The molecular weight excluding hydrogens is 438 g/mol. The number of pyridine rings is 1. The van der Waals surface area contributed by atoms with Crippen molar-refractivity contribution in [1.82, 2.24) is 10.3 Å². The summed E-state index contributed by atoms with van der Waals surface area (Å²) in [6.07, 6.45) is 5.76. The molecule has 1 aliphatic rings. The predicted octanol–water partition coefficient (Wildman–Crippen LogP) is 5.80. The number of amides is 1. The van der Waals surface area contributed by atoms with Crippen LogP contribution in [0.4, 0.5) is 5.69 Å². The molecule has 4 nitrogen and oxygen atoms in total. The highest BCUT2D eigenvalue weighted by Crippen LogP contribution is 2.28. The second-order valence-electron chi connectivity index (χ2n) is 7.17. The molecular formula is C22H21BrClN3O. The fourth-order valence-corrected chi connectivity index (χ4v) is 4.39. The van der Waals surface area contributed by atoms with Crippen molar-refractivity contribution in [3.8, 4) is 0 Å². The molecule has 0 bridgehead atoms. The van der Waals surface area contributed by atoms with Crippen molar-refractivity contribution in [3.05, 3.63) is 69.8 Å². The van der Waals surface area contributed by atoms with E-state index in [2.05, 4.69) is 31.5 Å². The second kappa shape index (κ2) is 8.50. The van der Waals surface area contributed by atoms with Gasteiger partial charge < -0.3 is 10.6 Å². The van der Waals surface area contributed by atoms with Crippen LogP contribution in [0, 0.1) is 0 Å². The van der Waals surface area contributed by atoms with Crippen molar-refractivity contribution < 1.29 is 4.79 Å². The third-order valence-corrected chi connectivity index (χ3v) is 6.17. The first kappa shape index (κ1) is 19.2. The Morgan fingerprint density at radius 3 is 2.57 bits per heavy atom. The van der Waals surface area contributed by atoms with Gasteiger partial charge in [-0.25, -0.2) is 0 Å². The highest BCUT2D eigenvalue weighted by Gasteiger charge is 2.23. The first-order valence-corrected chi connectivity index (χ1v) is 10.6. The molecule has 144 valence electrons. The normalized spacial score (nSPS) is 19.4. The summed E-state index contributed by atoms with van der Waals surface area (Å²) in [7, 11) is 0. The molecule has 0 unspecified atom stereocenters. The molecule has 1 amide bonds. The maximum atomic E-state index is 12.5. The summed E-state index contributed by atoms with van der Waals surface area (Å²) in [5.74, 6) is -0.0131. The third kappa shape index (κ3) is 4.31. The van der Waals surface area contributed by atoms with Gasteiger partial charge in [0, 0.05) is 38.8 Å². The van der Waals surface area contributed by atoms with Crippen LogP contribution in [-0.4, -0.2) is 23.0 Å². The highest BCUT2D eigenvalue weighted by atomic mass is 79.9. The molecule has 2 N–H and O–H groups in total. The van der Waals surface area contributed by atoms with Crippen molar-refractivity contribution in [2.45, 2.75) is 37.8 Å². The quantitative estimate of drug-likeness (QED) is 0.519. The largest absolute Gasteiger partial charge is 0.382 e. The zero-order valence-electron chi connectivity index (χ0n) is 15.3. The number of aromatic nitrogens is 1. The van der Waals surface area contributed by atoms with Gasteiger partial charge >= 0.3 is 0 Å². The molecule has 1 saturated carbocycles. The number of hydrogen-bond donors (Lipinski definition) is 2. The predicted molar refractivity (Wildman–Crippen MR) is 118 cm³/mol. The van der Waals surface area contributed by atoms with E-state index < -0.39 is 0 Å². The summed E-state index contributed by atoms with van der Waals surface area (Å²) in [6, 6.07) is 15.9. The summed E-state index contributed by atoms with van der Waals surface area (Å²) in [6.45, 7) is 0. The minimum atomic E-state index is -0.0131. The van der Waals surface area contributed by atoms with E-state index in [0.29, 0.717) is 16.6 Å². The smallest absolute Gasteiger partial charge is 0.252 e. The zero-order valence-corrected chi connectivity index (χ0v) is 17.6. The number of carbonyl (C=O) groups is 1. The Labute approximate surface area is 177 Å². The van der Waals surface area contributed by atoms with Gasteiger partial charge in [0.05, 0.1) is 11.1 Å². The minimum Gasteiger partial charge on any atom is -0.382 e. The lowest BCUT2D eigenvalue weighted by Crippen LogP contribution is -2.40. The van der Waals surface area contributed by atoms with Crippen LogP contribution in [0.15, 0.2) is 59.2 Å². The highest BCUT2D eigenvalue weighted by molar-refractivity contribution is 9.10. The molecule has 6 heteroatoms. The van der Waals surface area contributed by atoms with Crippen LogP contribution in [0.3, 0.4) is 0 Å². The molecule has 4 rings (SSSR count). The first-order valence-electron chi connectivity index (χ1n) is 9.46. The Hall–Kier alpha value is -2.11. The third-order valence-electron chi connectivity index (χ3n) is 5.25. The Balaban J connectivity index is 1.36. The lowest BCUT2D eigenvalue weighted by molar-refractivity contribution is 0.0926. The molecule has 1 heterocycles. The van der Waals surface area contributed by atoms with Crippen molar-refractivity contribution in [2.75, 3.05) is 5.32 Å². The van der Waals surface area contributed by atoms with Crippen LogP contribution in [0.1, 0.15) is 36.0 Å². The molecule has 0 radical (unpaired) electrons. The average molecular weight is 459 g/mol. The van der Waals surface area contributed by atoms with Crippen molar-refractivity contribution in [1.29, 1.82) is 0 Å². The van der Waals surface area contributed by atoms with Gasteiger partial charge in [-0.2, -0.15) is 0 Å². The van der Waals surface area contributed by atoms with E-state index in [4.69, 9.17) is 11.6 Å². The van der Waals surface area contributed by atoms with Crippen LogP contribution in [0.5, 0.6) is 0 Å². The van der Waals surface area contributed by atoms with E-state index >= 15 is 0 Å². The standard InChI is InChI=1S/C22H21BrClN3O/c23-19-4-2-1-3-17(19)22(28)27-16-8-6-15(7-9-16)26-20-11-12-25-21-13-14(24)5-10-18(20)21/h1-5,10-13,15-16H,6-9H2,(H,25,26)(H,27,28). The lowest BCUT2D eigenvalue weighted by Gasteiger charge is -2.30. The number of carbonyl (C=O) groups excluding carboxylic acids is 1. The molecule has 0 atom stereocenters. The van der Waals surface area contributed by atoms with Crippen molar-refractivity contribution >= 4 is 50.0 Å². The number of fused-ring (bicyclic) bond motifs is 1. The van der Waals surface area contributed by atoms with Gasteiger partial charge in [0.1, 0.15) is 0 Å². The van der Waals surface area contributed by atoms with Gasteiger partial charge in [-0.15, -0.1) is 0 Å². The van der Waals surface area contributed by atoms with Crippen LogP contribution in [0.25, 0.3) is 10.9 Å². The molecule has 1 fully saturated rings. The average Bonchev–Trinajstić information content (AvgIpc) is 2.69. The number of hydrogen-bond acceptors (Lipinski definition) is 3. The summed E-state index contributed by atoms with van der Waals surface area (Å²) in [4.78, 5) is 16.9. The number of nitrogens with one attached hydrogen (secondary N) is 2. The number of rotatable bonds is 4. The fraction of sp³-hybridized carbons (Fsp3) is 0.273. The second-order valence-corrected chi connectivity index (χ2v) is 8.46. The molecule has 28 heavy (non-hydrogen) atoms. The van der Waals surface area contributed by atoms with Gasteiger partial charge in [0.25, 0.3) is 5.91 Å². The van der Waals surface area contributed by atoms with Crippen LogP contribution < -0.4 is 10.6 Å². The lowest BCUT2D eigenvalue weighted by atomic mass is 9.90. The van der Waals surface area contributed by atoms with Gasteiger partial charge in [0.15, 0.2) is 0 Å². The van der Waals surface area contributed by atoms with Crippen LogP contribution in [-0.2, 0) is 0 Å². The fourth-order valence-electron chi connectivity index (χ4n) is 3.76. The monoisotopic (exact) mass is 457 g/mol. The number of benzene rings is 2. The number of halogens is 2. The number of nitrogens with zero attached hydrogens (tertiary/aromatic N) is 1. The number of anilines is 1. The molecule has 0 aliphatic heterocycles. The van der Waals surface area contributed by atoms with Gasteiger partial charge in [-0.1, -0.05) is 23.7 Å². The van der Waals surface area contributed by atoms with Crippen LogP contribution >= 0.6 is 27.5 Å². The van der Waals surface area contributed by atoms with Gasteiger partial charge in [-0.3, -0.25) is 9.78 Å². The molecule has 0 spiro atoms. The van der Waals surface area contributed by atoms with E-state index in [9.17, 15) is 4.79 Å². The zero-order chi connectivity index (χ0) is 19.5.